The first-order chi connectivity index (χ1) is 25.0. The molecule has 0 bridgehead atoms. The van der Waals surface area contributed by atoms with Gasteiger partial charge in [0.2, 0.25) is 0 Å². The summed E-state index contributed by atoms with van der Waals surface area (Å²) in [6.45, 7) is 6.22. The van der Waals surface area contributed by atoms with E-state index in [1.807, 2.05) is 54.7 Å². The summed E-state index contributed by atoms with van der Waals surface area (Å²) in [5.41, 5.74) is 0. The second-order valence-corrected chi connectivity index (χ2v) is 12.9. The highest BCUT2D eigenvalue weighted by Crippen LogP contribution is 2.13. The summed E-state index contributed by atoms with van der Waals surface area (Å²) in [6.07, 6.45) is 48.7. The fourth-order valence-corrected chi connectivity index (χ4v) is 5.04. The second kappa shape index (κ2) is 39.4. The molecule has 0 radical (unpaired) electrons. The summed E-state index contributed by atoms with van der Waals surface area (Å²) in [4.78, 5) is 37.4. The van der Waals surface area contributed by atoms with Crippen LogP contribution in [0.2, 0.25) is 0 Å². The van der Waals surface area contributed by atoms with E-state index in [0.29, 0.717) is 19.3 Å². The van der Waals surface area contributed by atoms with Gasteiger partial charge >= 0.3 is 17.9 Å². The van der Waals surface area contributed by atoms with Crippen LogP contribution >= 0.6 is 0 Å². The fourth-order valence-electron chi connectivity index (χ4n) is 5.04. The molecule has 0 aliphatic heterocycles. The van der Waals surface area contributed by atoms with Crippen LogP contribution in [0.1, 0.15) is 162 Å². The number of allylic oxidation sites excluding steroid dienone is 14. The summed E-state index contributed by atoms with van der Waals surface area (Å²) < 4.78 is 16.5. The monoisotopic (exact) mass is 709 g/mol. The molecule has 0 spiro atoms. The molecule has 6 nitrogen and oxygen atoms in total. The van der Waals surface area contributed by atoms with E-state index >= 15 is 0 Å². The van der Waals surface area contributed by atoms with Crippen molar-refractivity contribution in [3.8, 4) is 0 Å². The maximum Gasteiger partial charge on any atom is 0.306 e. The van der Waals surface area contributed by atoms with Gasteiger partial charge in [0.05, 0.1) is 0 Å². The van der Waals surface area contributed by atoms with Crippen molar-refractivity contribution in [2.45, 2.75) is 168 Å². The highest BCUT2D eigenvalue weighted by molar-refractivity contribution is 5.71. The van der Waals surface area contributed by atoms with Gasteiger partial charge in [0.1, 0.15) is 13.2 Å². The smallest absolute Gasteiger partial charge is 0.306 e. The first-order valence-corrected chi connectivity index (χ1v) is 20.2. The molecule has 6 heteroatoms. The Labute approximate surface area is 312 Å². The SMILES string of the molecule is CC\C=C/C=C\C=C/C=C\C=C/CCCC(=O)OCC(COC(=O)CCCC/C=C\C/C=C\CC)OC(=O)CCCCCCCCCCCCC. The molecule has 0 saturated heterocycles. The quantitative estimate of drug-likeness (QED) is 0.0218. The zero-order valence-corrected chi connectivity index (χ0v) is 32.6. The minimum atomic E-state index is -0.812. The van der Waals surface area contributed by atoms with Crippen molar-refractivity contribution in [2.75, 3.05) is 13.2 Å². The molecule has 1 unspecified atom stereocenters. The number of hydrogen-bond donors (Lipinski definition) is 0. The van der Waals surface area contributed by atoms with Gasteiger partial charge in [0.25, 0.3) is 0 Å². The molecule has 0 aromatic carbocycles. The van der Waals surface area contributed by atoms with Crippen molar-refractivity contribution in [3.63, 3.8) is 0 Å². The van der Waals surface area contributed by atoms with Gasteiger partial charge in [0, 0.05) is 19.3 Å². The summed E-state index contributed by atoms with van der Waals surface area (Å²) in [5.74, 6) is -1.04. The average molecular weight is 709 g/mol. The Balaban J connectivity index is 4.55. The van der Waals surface area contributed by atoms with Crippen molar-refractivity contribution < 1.29 is 28.6 Å². The van der Waals surface area contributed by atoms with Crippen LogP contribution < -0.4 is 0 Å². The number of ether oxygens (including phenoxy) is 3. The average Bonchev–Trinajstić information content (AvgIpc) is 3.12. The molecule has 0 rings (SSSR count). The van der Waals surface area contributed by atoms with Crippen molar-refractivity contribution in [2.24, 2.45) is 0 Å². The van der Waals surface area contributed by atoms with Gasteiger partial charge in [-0.1, -0.05) is 170 Å². The van der Waals surface area contributed by atoms with Crippen LogP contribution in [0.4, 0.5) is 0 Å². The van der Waals surface area contributed by atoms with Crippen LogP contribution in [-0.4, -0.2) is 37.2 Å². The molecular formula is C45H72O6. The van der Waals surface area contributed by atoms with Crippen LogP contribution in [0.15, 0.2) is 85.1 Å². The van der Waals surface area contributed by atoms with E-state index in [2.05, 4.69) is 51.2 Å². The second-order valence-electron chi connectivity index (χ2n) is 12.9. The van der Waals surface area contributed by atoms with Gasteiger partial charge in [-0.25, -0.2) is 0 Å². The highest BCUT2D eigenvalue weighted by Gasteiger charge is 2.19. The van der Waals surface area contributed by atoms with E-state index in [9.17, 15) is 14.4 Å². The Morgan fingerprint density at radius 1 is 0.431 bits per heavy atom. The largest absolute Gasteiger partial charge is 0.462 e. The number of unbranched alkanes of at least 4 members (excludes halogenated alkanes) is 13. The zero-order valence-electron chi connectivity index (χ0n) is 32.6. The Kier molecular flexibility index (Phi) is 36.7. The van der Waals surface area contributed by atoms with Gasteiger partial charge in [-0.3, -0.25) is 14.4 Å². The molecule has 0 aromatic heterocycles. The van der Waals surface area contributed by atoms with Crippen LogP contribution in [0.25, 0.3) is 0 Å². The maximum atomic E-state index is 12.6. The molecule has 0 heterocycles. The zero-order chi connectivity index (χ0) is 37.3. The van der Waals surface area contributed by atoms with Crippen molar-refractivity contribution in [1.82, 2.24) is 0 Å². The third-order valence-corrected chi connectivity index (χ3v) is 8.02. The molecule has 288 valence electrons. The van der Waals surface area contributed by atoms with Crippen molar-refractivity contribution in [1.29, 1.82) is 0 Å². The topological polar surface area (TPSA) is 78.9 Å². The van der Waals surface area contributed by atoms with E-state index in [1.54, 1.807) is 0 Å². The van der Waals surface area contributed by atoms with Crippen LogP contribution in [0, 0.1) is 0 Å². The van der Waals surface area contributed by atoms with Crippen molar-refractivity contribution >= 4 is 17.9 Å². The Morgan fingerprint density at radius 3 is 1.47 bits per heavy atom. The lowest BCUT2D eigenvalue weighted by Gasteiger charge is -2.18. The minimum Gasteiger partial charge on any atom is -0.462 e. The molecule has 0 aromatic rings. The summed E-state index contributed by atoms with van der Waals surface area (Å²) in [5, 5.41) is 0. The lowest BCUT2D eigenvalue weighted by molar-refractivity contribution is -0.167. The Morgan fingerprint density at radius 2 is 0.882 bits per heavy atom. The van der Waals surface area contributed by atoms with Gasteiger partial charge in [-0.05, 0) is 57.8 Å². The molecule has 0 fully saturated rings. The Bertz CT molecular complexity index is 1040. The van der Waals surface area contributed by atoms with Crippen molar-refractivity contribution in [3.05, 3.63) is 85.1 Å². The van der Waals surface area contributed by atoms with Gasteiger partial charge in [-0.15, -0.1) is 0 Å². The number of esters is 3. The summed E-state index contributed by atoms with van der Waals surface area (Å²) >= 11 is 0. The number of carbonyl (C=O) groups is 3. The number of rotatable bonds is 34. The molecule has 0 aliphatic carbocycles. The van der Waals surface area contributed by atoms with E-state index in [4.69, 9.17) is 14.2 Å². The molecular weight excluding hydrogens is 636 g/mol. The molecule has 0 aliphatic rings. The predicted octanol–water partition coefficient (Wildman–Crippen LogP) is 12.5. The van der Waals surface area contributed by atoms with E-state index in [0.717, 1.165) is 64.2 Å². The summed E-state index contributed by atoms with van der Waals surface area (Å²) in [7, 11) is 0. The highest BCUT2D eigenvalue weighted by atomic mass is 16.6. The maximum absolute atomic E-state index is 12.6. The first-order valence-electron chi connectivity index (χ1n) is 20.2. The lowest BCUT2D eigenvalue weighted by Crippen LogP contribution is -2.30. The van der Waals surface area contributed by atoms with E-state index in [1.165, 1.54) is 51.4 Å². The first kappa shape index (κ1) is 47.6. The predicted molar refractivity (Wildman–Crippen MR) is 214 cm³/mol. The molecule has 1 atom stereocenters. The molecule has 51 heavy (non-hydrogen) atoms. The Hall–Kier alpha value is -3.41. The van der Waals surface area contributed by atoms with Gasteiger partial charge in [-0.2, -0.15) is 0 Å². The minimum absolute atomic E-state index is 0.117. The fraction of sp³-hybridized carbons (Fsp3) is 0.622. The third kappa shape index (κ3) is 37.7. The number of hydrogen-bond acceptors (Lipinski definition) is 6. The summed E-state index contributed by atoms with van der Waals surface area (Å²) in [6, 6.07) is 0. The van der Waals surface area contributed by atoms with E-state index in [-0.39, 0.29) is 37.5 Å². The van der Waals surface area contributed by atoms with E-state index < -0.39 is 6.10 Å². The molecule has 0 amide bonds. The molecule has 0 N–H and O–H groups in total. The normalized spacial score (nSPS) is 12.9. The van der Waals surface area contributed by atoms with Gasteiger partial charge < -0.3 is 14.2 Å². The van der Waals surface area contributed by atoms with Gasteiger partial charge in [0.15, 0.2) is 6.10 Å². The molecule has 0 saturated carbocycles. The van der Waals surface area contributed by atoms with Crippen LogP contribution in [-0.2, 0) is 28.6 Å². The lowest BCUT2D eigenvalue weighted by atomic mass is 10.1. The third-order valence-electron chi connectivity index (χ3n) is 8.02. The van der Waals surface area contributed by atoms with Crippen LogP contribution in [0.5, 0.6) is 0 Å². The standard InChI is InChI=1S/C45H72O6/c1-4-7-10-13-16-19-21-22-24-26-29-32-35-38-44(47)50-41-42(40-49-43(46)37-34-31-28-25-18-15-12-9-6-3)51-45(48)39-36-33-30-27-23-20-17-14-11-8-5-2/h7,9-10,12-13,16,18-19,21-22,24-26,29,42H,4-6,8,11,14-15,17,20,23,27-28,30-41H2,1-3H3/b10-7-,12-9-,16-13-,21-19-,24-22-,25-18-,29-26-. The van der Waals surface area contributed by atoms with Crippen LogP contribution in [0.3, 0.4) is 0 Å². The number of carbonyl (C=O) groups excluding carboxylic acids is 3.